The van der Waals surface area contributed by atoms with Crippen LogP contribution in [0.2, 0.25) is 0 Å². The highest BCUT2D eigenvalue weighted by Crippen LogP contribution is 2.23. The van der Waals surface area contributed by atoms with Crippen LogP contribution in [0, 0.1) is 0 Å². The lowest BCUT2D eigenvalue weighted by molar-refractivity contribution is -0.129. The van der Waals surface area contributed by atoms with Gasteiger partial charge in [-0.2, -0.15) is 0 Å². The summed E-state index contributed by atoms with van der Waals surface area (Å²) in [6.45, 7) is 2.52. The van der Waals surface area contributed by atoms with Gasteiger partial charge in [0.05, 0.1) is 7.11 Å². The average molecular weight is 233 g/mol. The highest BCUT2D eigenvalue weighted by Gasteiger charge is 2.21. The van der Waals surface area contributed by atoms with Gasteiger partial charge in [-0.1, -0.05) is 6.07 Å². The summed E-state index contributed by atoms with van der Waals surface area (Å²) in [5, 5.41) is 0. The van der Waals surface area contributed by atoms with Crippen molar-refractivity contribution in [2.24, 2.45) is 0 Å². The van der Waals surface area contributed by atoms with Crippen LogP contribution >= 0.6 is 0 Å². The lowest BCUT2D eigenvalue weighted by Crippen LogP contribution is -2.28. The van der Waals surface area contributed by atoms with E-state index in [1.165, 1.54) is 6.92 Å². The molecule has 1 aliphatic heterocycles. The number of Topliss-reactive ketones (excluding diaryl/α,β-unsaturated/α-hetero) is 1. The van der Waals surface area contributed by atoms with E-state index in [-0.39, 0.29) is 11.7 Å². The molecule has 0 aliphatic carbocycles. The van der Waals surface area contributed by atoms with Gasteiger partial charge in [0, 0.05) is 32.0 Å². The molecule has 4 nitrogen and oxygen atoms in total. The molecule has 0 N–H and O–H groups in total. The fourth-order valence-electron chi connectivity index (χ4n) is 2.00. The highest BCUT2D eigenvalue weighted by atomic mass is 16.5. The summed E-state index contributed by atoms with van der Waals surface area (Å²) in [4.78, 5) is 25.0. The second-order valence-corrected chi connectivity index (χ2v) is 4.14. The Bertz CT molecular complexity index is 468. The molecule has 1 aliphatic rings. The second-order valence-electron chi connectivity index (χ2n) is 4.14. The summed E-state index contributed by atoms with van der Waals surface area (Å²) in [6, 6.07) is 5.42. The Morgan fingerprint density at radius 2 is 2.18 bits per heavy atom. The van der Waals surface area contributed by atoms with Gasteiger partial charge < -0.3 is 9.64 Å². The third kappa shape index (κ3) is 2.30. The summed E-state index contributed by atoms with van der Waals surface area (Å²) >= 11 is 0. The van der Waals surface area contributed by atoms with Crippen LogP contribution in [0.15, 0.2) is 18.2 Å². The first-order chi connectivity index (χ1) is 8.11. The van der Waals surface area contributed by atoms with Gasteiger partial charge in [0.2, 0.25) is 5.91 Å². The Morgan fingerprint density at radius 3 is 2.82 bits per heavy atom. The van der Waals surface area contributed by atoms with Crippen molar-refractivity contribution in [3.63, 3.8) is 0 Å². The number of hydrogen-bond donors (Lipinski definition) is 0. The molecule has 4 heteroatoms. The SMILES string of the molecule is COc1ccc2c(c1)C(=O)CCN(C(C)=O)C2. The first kappa shape index (κ1) is 11.6. The lowest BCUT2D eigenvalue weighted by Gasteiger charge is -2.18. The van der Waals surface area contributed by atoms with E-state index in [1.807, 2.05) is 12.1 Å². The second kappa shape index (κ2) is 4.57. The minimum absolute atomic E-state index is 0.00136. The first-order valence-corrected chi connectivity index (χ1v) is 5.57. The van der Waals surface area contributed by atoms with Crippen molar-refractivity contribution in [2.75, 3.05) is 13.7 Å². The van der Waals surface area contributed by atoms with Crippen molar-refractivity contribution >= 4 is 11.7 Å². The highest BCUT2D eigenvalue weighted by molar-refractivity contribution is 5.98. The van der Waals surface area contributed by atoms with Crippen LogP contribution < -0.4 is 4.74 Å². The Morgan fingerprint density at radius 1 is 1.41 bits per heavy atom. The topological polar surface area (TPSA) is 46.6 Å². The normalized spacial score (nSPS) is 15.2. The Kier molecular flexibility index (Phi) is 3.13. The Labute approximate surface area is 100 Å². The number of ether oxygens (including phenoxy) is 1. The van der Waals surface area contributed by atoms with Gasteiger partial charge in [0.15, 0.2) is 5.78 Å². The first-order valence-electron chi connectivity index (χ1n) is 5.57. The minimum atomic E-state index is 0.00136. The summed E-state index contributed by atoms with van der Waals surface area (Å²) < 4.78 is 5.11. The van der Waals surface area contributed by atoms with E-state index in [9.17, 15) is 9.59 Å². The molecule has 0 radical (unpaired) electrons. The molecule has 0 atom stereocenters. The maximum Gasteiger partial charge on any atom is 0.219 e. The van der Waals surface area contributed by atoms with Crippen LogP contribution in [0.5, 0.6) is 5.75 Å². The van der Waals surface area contributed by atoms with Crippen LogP contribution in [-0.4, -0.2) is 30.2 Å². The van der Waals surface area contributed by atoms with Crippen molar-refractivity contribution in [1.29, 1.82) is 0 Å². The molecule has 0 bridgehead atoms. The number of hydrogen-bond acceptors (Lipinski definition) is 3. The molecular weight excluding hydrogens is 218 g/mol. The van der Waals surface area contributed by atoms with Gasteiger partial charge in [-0.15, -0.1) is 0 Å². The van der Waals surface area contributed by atoms with Crippen LogP contribution in [0.1, 0.15) is 29.3 Å². The quantitative estimate of drug-likeness (QED) is 0.740. The number of ketones is 1. The van der Waals surface area contributed by atoms with E-state index < -0.39 is 0 Å². The van der Waals surface area contributed by atoms with Crippen LogP contribution in [0.4, 0.5) is 0 Å². The standard InChI is InChI=1S/C13H15NO3/c1-9(15)14-6-5-13(16)12-7-11(17-2)4-3-10(12)8-14/h3-4,7H,5-6,8H2,1-2H3. The molecule has 0 unspecified atom stereocenters. The van der Waals surface area contributed by atoms with Gasteiger partial charge in [0.25, 0.3) is 0 Å². The number of amides is 1. The number of benzene rings is 1. The van der Waals surface area contributed by atoms with Gasteiger partial charge in [-0.25, -0.2) is 0 Å². The van der Waals surface area contributed by atoms with Crippen molar-refractivity contribution in [3.05, 3.63) is 29.3 Å². The van der Waals surface area contributed by atoms with E-state index in [0.717, 1.165) is 5.56 Å². The molecule has 0 fully saturated rings. The smallest absolute Gasteiger partial charge is 0.219 e. The molecule has 1 heterocycles. The maximum absolute atomic E-state index is 11.9. The number of nitrogens with zero attached hydrogens (tertiary/aromatic N) is 1. The molecule has 1 aromatic rings. The molecule has 1 amide bonds. The number of methoxy groups -OCH3 is 1. The molecule has 1 aromatic carbocycles. The van der Waals surface area contributed by atoms with Gasteiger partial charge in [0.1, 0.15) is 5.75 Å². The number of carbonyl (C=O) groups is 2. The van der Waals surface area contributed by atoms with Gasteiger partial charge in [-0.3, -0.25) is 9.59 Å². The van der Waals surface area contributed by atoms with Crippen molar-refractivity contribution in [1.82, 2.24) is 4.90 Å². The molecule has 0 saturated carbocycles. The van der Waals surface area contributed by atoms with E-state index in [1.54, 1.807) is 18.1 Å². The van der Waals surface area contributed by atoms with E-state index in [4.69, 9.17) is 4.74 Å². The summed E-state index contributed by atoms with van der Waals surface area (Å²) in [5.41, 5.74) is 1.57. The molecule has 90 valence electrons. The Hall–Kier alpha value is -1.84. The molecule has 2 rings (SSSR count). The van der Waals surface area contributed by atoms with E-state index in [0.29, 0.717) is 30.8 Å². The number of carbonyl (C=O) groups excluding carboxylic acids is 2. The fraction of sp³-hybridized carbons (Fsp3) is 0.385. The molecule has 0 saturated heterocycles. The van der Waals surface area contributed by atoms with Crippen molar-refractivity contribution in [2.45, 2.75) is 19.9 Å². The van der Waals surface area contributed by atoms with Gasteiger partial charge >= 0.3 is 0 Å². The maximum atomic E-state index is 11.9. The zero-order valence-electron chi connectivity index (χ0n) is 10.0. The monoisotopic (exact) mass is 233 g/mol. The van der Waals surface area contributed by atoms with E-state index in [2.05, 4.69) is 0 Å². The zero-order chi connectivity index (χ0) is 12.4. The van der Waals surface area contributed by atoms with Gasteiger partial charge in [-0.05, 0) is 17.7 Å². The Balaban J connectivity index is 2.39. The largest absolute Gasteiger partial charge is 0.497 e. The van der Waals surface area contributed by atoms with Crippen LogP contribution in [-0.2, 0) is 11.3 Å². The third-order valence-corrected chi connectivity index (χ3v) is 3.03. The minimum Gasteiger partial charge on any atom is -0.497 e. The fourth-order valence-corrected chi connectivity index (χ4v) is 2.00. The van der Waals surface area contributed by atoms with Crippen molar-refractivity contribution in [3.8, 4) is 5.75 Å². The number of rotatable bonds is 1. The summed E-state index contributed by atoms with van der Waals surface area (Å²) in [5.74, 6) is 0.748. The average Bonchev–Trinajstić information content (AvgIpc) is 2.49. The van der Waals surface area contributed by atoms with Crippen LogP contribution in [0.3, 0.4) is 0 Å². The zero-order valence-corrected chi connectivity index (χ0v) is 10.0. The predicted octanol–water partition coefficient (Wildman–Crippen LogP) is 1.63. The third-order valence-electron chi connectivity index (χ3n) is 3.03. The van der Waals surface area contributed by atoms with Crippen molar-refractivity contribution < 1.29 is 14.3 Å². The lowest BCUT2D eigenvalue weighted by atomic mass is 10.0. The van der Waals surface area contributed by atoms with Crippen LogP contribution in [0.25, 0.3) is 0 Å². The molecule has 17 heavy (non-hydrogen) atoms. The summed E-state index contributed by atoms with van der Waals surface area (Å²) in [7, 11) is 1.57. The number of fused-ring (bicyclic) bond motifs is 1. The van der Waals surface area contributed by atoms with E-state index >= 15 is 0 Å². The summed E-state index contributed by atoms with van der Waals surface area (Å²) in [6.07, 6.45) is 0.375. The predicted molar refractivity (Wildman–Crippen MR) is 63.0 cm³/mol. The molecular formula is C13H15NO3. The molecule has 0 aromatic heterocycles. The molecule has 0 spiro atoms.